The lowest BCUT2D eigenvalue weighted by Crippen LogP contribution is -2.38. The van der Waals surface area contributed by atoms with Crippen LogP contribution in [0.25, 0.3) is 10.9 Å². The summed E-state index contributed by atoms with van der Waals surface area (Å²) in [5.74, 6) is -1.42. The summed E-state index contributed by atoms with van der Waals surface area (Å²) in [5, 5.41) is 12.7. The molecule has 0 saturated carbocycles. The number of anilines is 3. The van der Waals surface area contributed by atoms with Gasteiger partial charge in [-0.1, -0.05) is 32.0 Å². The number of pyridine rings is 1. The van der Waals surface area contributed by atoms with Crippen molar-refractivity contribution in [3.63, 3.8) is 0 Å². The molecule has 2 aromatic carbocycles. The summed E-state index contributed by atoms with van der Waals surface area (Å²) < 4.78 is 0. The lowest BCUT2D eigenvalue weighted by Gasteiger charge is -2.28. The fourth-order valence-corrected chi connectivity index (χ4v) is 4.97. The van der Waals surface area contributed by atoms with Gasteiger partial charge in [0, 0.05) is 37.8 Å². The van der Waals surface area contributed by atoms with Crippen molar-refractivity contribution in [2.75, 3.05) is 48.3 Å². The molecular formula is C30H35N5O5. The summed E-state index contributed by atoms with van der Waals surface area (Å²) in [4.78, 5) is 60.1. The Morgan fingerprint density at radius 1 is 1.00 bits per heavy atom. The first-order valence-electron chi connectivity index (χ1n) is 13.7. The van der Waals surface area contributed by atoms with E-state index in [1.54, 1.807) is 19.2 Å². The van der Waals surface area contributed by atoms with E-state index in [4.69, 9.17) is 10.1 Å². The van der Waals surface area contributed by atoms with E-state index < -0.39 is 11.9 Å². The molecule has 1 fully saturated rings. The second-order valence-electron chi connectivity index (χ2n) is 9.60. The van der Waals surface area contributed by atoms with Crippen molar-refractivity contribution in [2.45, 2.75) is 39.5 Å². The van der Waals surface area contributed by atoms with Gasteiger partial charge in [0.1, 0.15) is 12.4 Å². The number of hydrogen-bond acceptors (Lipinski definition) is 6. The Kier molecular flexibility index (Phi) is 8.98. The number of likely N-dealkylation sites (N-methyl/N-ethyl adjacent to an activating group) is 1. The van der Waals surface area contributed by atoms with Crippen LogP contribution in [-0.2, 0) is 9.59 Å². The molecule has 0 radical (unpaired) electrons. The molecule has 210 valence electrons. The number of piperidine rings is 1. The van der Waals surface area contributed by atoms with Crippen LogP contribution in [0.5, 0.6) is 0 Å². The van der Waals surface area contributed by atoms with Gasteiger partial charge in [0.05, 0.1) is 28.8 Å². The van der Waals surface area contributed by atoms with E-state index in [9.17, 15) is 19.2 Å². The maximum Gasteiger partial charge on any atom is 0.305 e. The maximum atomic E-state index is 13.6. The van der Waals surface area contributed by atoms with Crippen molar-refractivity contribution < 1.29 is 24.3 Å². The molecule has 5 rings (SSSR count). The smallest absolute Gasteiger partial charge is 0.305 e. The molecule has 10 nitrogen and oxygen atoms in total. The number of carbonyl (C=O) groups is 4. The zero-order valence-electron chi connectivity index (χ0n) is 23.1. The number of carbonyl (C=O) groups excluding carboxylic acids is 3. The Morgan fingerprint density at radius 3 is 2.45 bits per heavy atom. The van der Waals surface area contributed by atoms with Crippen LogP contribution in [0.3, 0.4) is 0 Å². The maximum absolute atomic E-state index is 13.6. The summed E-state index contributed by atoms with van der Waals surface area (Å²) in [7, 11) is 1.57. The summed E-state index contributed by atoms with van der Waals surface area (Å²) >= 11 is 0. The van der Waals surface area contributed by atoms with E-state index in [1.807, 2.05) is 44.2 Å². The quantitative estimate of drug-likeness (QED) is 0.471. The van der Waals surface area contributed by atoms with Crippen LogP contribution in [-0.4, -0.2) is 71.9 Å². The van der Waals surface area contributed by atoms with Crippen LogP contribution in [0.2, 0.25) is 0 Å². The number of carboxylic acid groups (broad SMARTS) is 1. The number of amides is 3. The third-order valence-electron chi connectivity index (χ3n) is 7.06. The number of para-hydroxylation sites is 1. The standard InChI is InChI=1S/C28H29N5O5.C2H6/c1-31-23-10-9-18(15-21(23)28(38)33(17-25(31)34)14-11-26(35)36)29-27(37)20-16-24(32-12-5-2-6-13-32)30-22-8-4-3-7-19(20)22;1-2/h3-4,7-10,15-16H,2,5-6,11-14,17H2,1H3,(H,29,37)(H,35,36);1-2H3. The van der Waals surface area contributed by atoms with Gasteiger partial charge < -0.3 is 25.1 Å². The molecule has 2 aliphatic heterocycles. The molecule has 2 N–H and O–H groups in total. The van der Waals surface area contributed by atoms with E-state index in [1.165, 1.54) is 22.3 Å². The minimum Gasteiger partial charge on any atom is -0.481 e. The normalized spacial score (nSPS) is 15.2. The largest absolute Gasteiger partial charge is 0.481 e. The predicted octanol–water partition coefficient (Wildman–Crippen LogP) is 4.40. The van der Waals surface area contributed by atoms with Gasteiger partial charge in [0.25, 0.3) is 11.8 Å². The second-order valence-corrected chi connectivity index (χ2v) is 9.60. The van der Waals surface area contributed by atoms with Gasteiger partial charge in [-0.15, -0.1) is 0 Å². The minimum absolute atomic E-state index is 0.0912. The van der Waals surface area contributed by atoms with Crippen molar-refractivity contribution in [3.05, 3.63) is 59.7 Å². The Bertz CT molecular complexity index is 1430. The highest BCUT2D eigenvalue weighted by atomic mass is 16.4. The molecule has 0 spiro atoms. The summed E-state index contributed by atoms with van der Waals surface area (Å²) in [5.41, 5.74) is 2.22. The predicted molar refractivity (Wildman–Crippen MR) is 155 cm³/mol. The lowest BCUT2D eigenvalue weighted by atomic mass is 10.1. The molecule has 40 heavy (non-hydrogen) atoms. The first-order chi connectivity index (χ1) is 19.3. The van der Waals surface area contributed by atoms with Gasteiger partial charge in [0.15, 0.2) is 0 Å². The number of aliphatic carboxylic acids is 1. The van der Waals surface area contributed by atoms with Crippen LogP contribution in [0, 0.1) is 0 Å². The zero-order valence-corrected chi connectivity index (χ0v) is 23.1. The fourth-order valence-electron chi connectivity index (χ4n) is 4.97. The van der Waals surface area contributed by atoms with Gasteiger partial charge in [-0.3, -0.25) is 19.2 Å². The highest BCUT2D eigenvalue weighted by Crippen LogP contribution is 2.30. The first-order valence-corrected chi connectivity index (χ1v) is 13.7. The third-order valence-corrected chi connectivity index (χ3v) is 7.06. The number of fused-ring (bicyclic) bond motifs is 2. The van der Waals surface area contributed by atoms with Gasteiger partial charge in [0.2, 0.25) is 5.91 Å². The number of nitrogens with zero attached hydrogens (tertiary/aromatic N) is 4. The Hall–Kier alpha value is -4.47. The van der Waals surface area contributed by atoms with Crippen LogP contribution >= 0.6 is 0 Å². The molecule has 2 aliphatic rings. The van der Waals surface area contributed by atoms with E-state index in [0.717, 1.165) is 42.7 Å². The number of rotatable bonds is 6. The minimum atomic E-state index is -1.06. The molecule has 10 heteroatoms. The van der Waals surface area contributed by atoms with Crippen LogP contribution in [0.1, 0.15) is 60.2 Å². The molecule has 0 unspecified atom stereocenters. The SMILES string of the molecule is CC.CN1C(=O)CN(CCC(=O)O)C(=O)c2cc(NC(=O)c3cc(N4CCCCC4)nc4ccccc34)ccc21. The summed E-state index contributed by atoms with van der Waals surface area (Å²) in [6, 6.07) is 14.1. The average molecular weight is 546 g/mol. The summed E-state index contributed by atoms with van der Waals surface area (Å²) in [6.45, 7) is 5.47. The Balaban J connectivity index is 0.00000181. The topological polar surface area (TPSA) is 123 Å². The molecule has 1 aromatic heterocycles. The molecule has 0 atom stereocenters. The summed E-state index contributed by atoms with van der Waals surface area (Å²) in [6.07, 6.45) is 3.07. The van der Waals surface area contributed by atoms with Crippen molar-refractivity contribution >= 4 is 51.8 Å². The van der Waals surface area contributed by atoms with Crippen LogP contribution in [0.15, 0.2) is 48.5 Å². The third kappa shape index (κ3) is 6.06. The zero-order chi connectivity index (χ0) is 28.8. The molecule has 3 amide bonds. The number of benzene rings is 2. The second kappa shape index (κ2) is 12.6. The monoisotopic (exact) mass is 545 g/mol. The number of aromatic nitrogens is 1. The molecule has 0 bridgehead atoms. The van der Waals surface area contributed by atoms with Crippen molar-refractivity contribution in [3.8, 4) is 0 Å². The average Bonchev–Trinajstić information content (AvgIpc) is 3.07. The Morgan fingerprint density at radius 2 is 1.73 bits per heavy atom. The van der Waals surface area contributed by atoms with E-state index in [2.05, 4.69) is 10.2 Å². The van der Waals surface area contributed by atoms with Crippen molar-refractivity contribution in [2.24, 2.45) is 0 Å². The number of carboxylic acids is 1. The van der Waals surface area contributed by atoms with Gasteiger partial charge in [-0.05, 0) is 49.6 Å². The van der Waals surface area contributed by atoms with Gasteiger partial charge in [-0.25, -0.2) is 4.98 Å². The molecule has 3 aromatic rings. The van der Waals surface area contributed by atoms with Crippen molar-refractivity contribution in [1.29, 1.82) is 0 Å². The highest BCUT2D eigenvalue weighted by molar-refractivity contribution is 6.14. The van der Waals surface area contributed by atoms with Crippen molar-refractivity contribution in [1.82, 2.24) is 9.88 Å². The molecule has 1 saturated heterocycles. The number of hydrogen-bond donors (Lipinski definition) is 2. The van der Waals surface area contributed by atoms with E-state index in [-0.39, 0.29) is 36.9 Å². The molecular weight excluding hydrogens is 510 g/mol. The van der Waals surface area contributed by atoms with E-state index >= 15 is 0 Å². The van der Waals surface area contributed by atoms with Gasteiger partial charge in [-0.2, -0.15) is 0 Å². The number of nitrogens with one attached hydrogen (secondary N) is 1. The highest BCUT2D eigenvalue weighted by Gasteiger charge is 2.30. The van der Waals surface area contributed by atoms with Crippen LogP contribution < -0.4 is 15.1 Å². The fraction of sp³-hybridized carbons (Fsp3) is 0.367. The lowest BCUT2D eigenvalue weighted by molar-refractivity contribution is -0.137. The first kappa shape index (κ1) is 28.5. The molecule has 0 aliphatic carbocycles. The van der Waals surface area contributed by atoms with Gasteiger partial charge >= 0.3 is 5.97 Å². The molecule has 3 heterocycles. The van der Waals surface area contributed by atoms with E-state index in [0.29, 0.717) is 16.9 Å². The van der Waals surface area contributed by atoms with Crippen LogP contribution in [0.4, 0.5) is 17.2 Å². The Labute approximate surface area is 233 Å².